The first kappa shape index (κ1) is 38.6. The lowest BCUT2D eigenvalue weighted by Crippen LogP contribution is -2.33. The van der Waals surface area contributed by atoms with Gasteiger partial charge < -0.3 is 30.0 Å². The van der Waals surface area contributed by atoms with E-state index >= 15 is 0 Å². The van der Waals surface area contributed by atoms with Crippen LogP contribution >= 0.6 is 0 Å². The molecule has 0 saturated heterocycles. The Hall–Kier alpha value is -2.52. The first-order valence-electron chi connectivity index (χ1n) is 14.4. The average molecular weight is 561 g/mol. The van der Waals surface area contributed by atoms with Gasteiger partial charge in [-0.25, -0.2) is 9.59 Å². The van der Waals surface area contributed by atoms with Crippen molar-refractivity contribution in [3.05, 3.63) is 0 Å². The second-order valence-electron chi connectivity index (χ2n) is 11.6. The molecule has 2 amide bonds. The highest BCUT2D eigenvalue weighted by atomic mass is 16.6. The van der Waals surface area contributed by atoms with E-state index in [0.29, 0.717) is 32.4 Å². The summed E-state index contributed by atoms with van der Waals surface area (Å²) in [5.41, 5.74) is -1.02. The molecule has 0 aromatic heterocycles. The van der Waals surface area contributed by atoms with Crippen LogP contribution in [-0.4, -0.2) is 59.6 Å². The van der Waals surface area contributed by atoms with E-state index in [4.69, 9.17) is 19.3 Å². The van der Waals surface area contributed by atoms with Gasteiger partial charge >= 0.3 is 24.1 Å². The summed E-state index contributed by atoms with van der Waals surface area (Å²) in [5.74, 6) is -1.03. The Morgan fingerprint density at radius 2 is 1.08 bits per heavy atom. The van der Waals surface area contributed by atoms with E-state index in [1.807, 2.05) is 20.8 Å². The maximum absolute atomic E-state index is 12.0. The highest BCUT2D eigenvalue weighted by Crippen LogP contribution is 2.15. The molecule has 0 saturated carbocycles. The lowest BCUT2D eigenvalue weighted by molar-refractivity contribution is -0.150. The zero-order valence-corrected chi connectivity index (χ0v) is 25.8. The molecule has 0 aliphatic carbocycles. The van der Waals surface area contributed by atoms with Crippen LogP contribution in [0.25, 0.3) is 0 Å². The van der Waals surface area contributed by atoms with Crippen LogP contribution in [0.1, 0.15) is 132 Å². The third-order valence-corrected chi connectivity index (χ3v) is 5.02. The van der Waals surface area contributed by atoms with Gasteiger partial charge in [0.05, 0.1) is 0 Å². The third kappa shape index (κ3) is 31.6. The quantitative estimate of drug-likeness (QED) is 0.101. The van der Waals surface area contributed by atoms with Crippen LogP contribution in [0.3, 0.4) is 0 Å². The molecule has 0 aliphatic heterocycles. The van der Waals surface area contributed by atoms with Crippen molar-refractivity contribution in [2.45, 2.75) is 150 Å². The van der Waals surface area contributed by atoms with Gasteiger partial charge in [0.1, 0.15) is 17.3 Å². The molecule has 0 heterocycles. The molecule has 3 N–H and O–H groups in total. The highest BCUT2D eigenvalue weighted by molar-refractivity contribution is 5.70. The SMILES string of the molecule is CC(C)(C)OC(=O)NCCCC(=O)O.CCCCCC(CCCCC)OC(=O)CCCNC(=O)OC(C)(C)C. The molecule has 0 aromatic rings. The normalized spacial score (nSPS) is 11.2. The molecule has 230 valence electrons. The van der Waals surface area contributed by atoms with Crippen LogP contribution in [0.2, 0.25) is 0 Å². The zero-order valence-electron chi connectivity index (χ0n) is 25.8. The monoisotopic (exact) mass is 560 g/mol. The molecule has 0 spiro atoms. The van der Waals surface area contributed by atoms with Crippen molar-refractivity contribution in [3.8, 4) is 0 Å². The Labute approximate surface area is 236 Å². The van der Waals surface area contributed by atoms with Gasteiger partial charge in [-0.2, -0.15) is 0 Å². The highest BCUT2D eigenvalue weighted by Gasteiger charge is 2.17. The van der Waals surface area contributed by atoms with E-state index in [1.165, 1.54) is 25.7 Å². The fourth-order valence-electron chi connectivity index (χ4n) is 3.23. The molecule has 0 rings (SSSR count). The number of hydrogen-bond donors (Lipinski definition) is 3. The molecule has 0 unspecified atom stereocenters. The summed E-state index contributed by atoms with van der Waals surface area (Å²) >= 11 is 0. The van der Waals surface area contributed by atoms with Gasteiger partial charge in [-0.3, -0.25) is 9.59 Å². The van der Waals surface area contributed by atoms with Crippen LogP contribution in [-0.2, 0) is 23.8 Å². The van der Waals surface area contributed by atoms with Crippen LogP contribution < -0.4 is 10.6 Å². The number of ether oxygens (including phenoxy) is 3. The van der Waals surface area contributed by atoms with Gasteiger partial charge in [0.25, 0.3) is 0 Å². The predicted molar refractivity (Wildman–Crippen MR) is 153 cm³/mol. The van der Waals surface area contributed by atoms with Crippen molar-refractivity contribution in [3.63, 3.8) is 0 Å². The fourth-order valence-corrected chi connectivity index (χ4v) is 3.23. The number of unbranched alkanes of at least 4 members (excludes halogenated alkanes) is 4. The van der Waals surface area contributed by atoms with Crippen LogP contribution in [0.5, 0.6) is 0 Å². The molecule has 0 aliphatic rings. The number of carbonyl (C=O) groups excluding carboxylic acids is 3. The summed E-state index contributed by atoms with van der Waals surface area (Å²) in [5, 5.41) is 13.5. The summed E-state index contributed by atoms with van der Waals surface area (Å²) in [6.45, 7) is 15.9. The number of rotatable bonds is 17. The topological polar surface area (TPSA) is 140 Å². The lowest BCUT2D eigenvalue weighted by Gasteiger charge is -2.20. The van der Waals surface area contributed by atoms with Crippen molar-refractivity contribution >= 4 is 24.1 Å². The van der Waals surface area contributed by atoms with E-state index in [0.717, 1.165) is 25.7 Å². The third-order valence-electron chi connectivity index (χ3n) is 5.02. The number of aliphatic carboxylic acids is 1. The minimum Gasteiger partial charge on any atom is -0.481 e. The first-order valence-corrected chi connectivity index (χ1v) is 14.4. The number of carbonyl (C=O) groups is 4. The fraction of sp³-hybridized carbons (Fsp3) is 0.862. The number of amides is 2. The van der Waals surface area contributed by atoms with Crippen molar-refractivity contribution in [1.82, 2.24) is 10.6 Å². The van der Waals surface area contributed by atoms with Gasteiger partial charge in [-0.1, -0.05) is 39.5 Å². The Balaban J connectivity index is 0. The summed E-state index contributed by atoms with van der Waals surface area (Å²) in [4.78, 5) is 44.7. The minimum absolute atomic E-state index is 0.0458. The Morgan fingerprint density at radius 3 is 1.44 bits per heavy atom. The number of carboxylic acids is 1. The molecule has 0 atom stereocenters. The summed E-state index contributed by atoms with van der Waals surface area (Å²) in [6.07, 6.45) is 9.29. The molecule has 39 heavy (non-hydrogen) atoms. The summed E-state index contributed by atoms with van der Waals surface area (Å²) in [7, 11) is 0. The van der Waals surface area contributed by atoms with Gasteiger partial charge in [0.15, 0.2) is 0 Å². The molecular weight excluding hydrogens is 504 g/mol. The van der Waals surface area contributed by atoms with Gasteiger partial charge in [-0.05, 0) is 80.1 Å². The van der Waals surface area contributed by atoms with Crippen molar-refractivity contribution < 1.29 is 38.5 Å². The van der Waals surface area contributed by atoms with Gasteiger partial charge in [0, 0.05) is 25.9 Å². The number of alkyl carbamates (subject to hydrolysis) is 2. The molecule has 0 fully saturated rings. The van der Waals surface area contributed by atoms with E-state index in [-0.39, 0.29) is 18.5 Å². The predicted octanol–water partition coefficient (Wildman–Crippen LogP) is 6.74. The number of esters is 1. The van der Waals surface area contributed by atoms with E-state index < -0.39 is 29.4 Å². The maximum Gasteiger partial charge on any atom is 0.407 e. The molecule has 10 heteroatoms. The Kier molecular flexibility index (Phi) is 22.1. The van der Waals surface area contributed by atoms with E-state index in [2.05, 4.69) is 24.5 Å². The summed E-state index contributed by atoms with van der Waals surface area (Å²) in [6, 6.07) is 0. The number of carboxylic acid groups (broad SMARTS) is 1. The molecule has 0 aromatic carbocycles. The average Bonchev–Trinajstić information content (AvgIpc) is 2.78. The standard InChI is InChI=1S/C20H39NO4.C9H17NO4/c1-6-8-10-13-17(14-11-9-7-2)24-18(22)15-12-16-21-19(23)25-20(3,4)5;1-9(2,3)14-8(13)10-6-4-5-7(11)12/h17H,6-16H2,1-5H3,(H,21,23);4-6H2,1-3H3,(H,10,13)(H,11,12). The Bertz CT molecular complexity index is 674. The van der Waals surface area contributed by atoms with Crippen LogP contribution in [0.4, 0.5) is 9.59 Å². The van der Waals surface area contributed by atoms with Gasteiger partial charge in [0.2, 0.25) is 0 Å². The second-order valence-corrected chi connectivity index (χ2v) is 11.6. The smallest absolute Gasteiger partial charge is 0.407 e. The largest absolute Gasteiger partial charge is 0.481 e. The number of nitrogens with one attached hydrogen (secondary N) is 2. The molecule has 0 bridgehead atoms. The van der Waals surface area contributed by atoms with E-state index in [9.17, 15) is 19.2 Å². The van der Waals surface area contributed by atoms with Crippen LogP contribution in [0.15, 0.2) is 0 Å². The minimum atomic E-state index is -0.865. The second kappa shape index (κ2) is 22.3. The molecular formula is C29H56N2O8. The maximum atomic E-state index is 12.0. The van der Waals surface area contributed by atoms with E-state index in [1.54, 1.807) is 20.8 Å². The van der Waals surface area contributed by atoms with Crippen molar-refractivity contribution in [2.24, 2.45) is 0 Å². The first-order chi connectivity index (χ1) is 18.1. The lowest BCUT2D eigenvalue weighted by atomic mass is 10.0. The van der Waals surface area contributed by atoms with Crippen molar-refractivity contribution in [1.29, 1.82) is 0 Å². The molecule has 10 nitrogen and oxygen atoms in total. The number of hydrogen-bond acceptors (Lipinski definition) is 7. The molecule has 0 radical (unpaired) electrons. The van der Waals surface area contributed by atoms with Crippen molar-refractivity contribution in [2.75, 3.05) is 13.1 Å². The Morgan fingerprint density at radius 1 is 0.667 bits per heavy atom. The summed E-state index contributed by atoms with van der Waals surface area (Å²) < 4.78 is 15.7. The zero-order chi connectivity index (χ0) is 30.3. The van der Waals surface area contributed by atoms with Gasteiger partial charge in [-0.15, -0.1) is 0 Å². The van der Waals surface area contributed by atoms with Crippen LogP contribution in [0, 0.1) is 0 Å².